The molecule has 10 nitrogen and oxygen atoms in total. The summed E-state index contributed by atoms with van der Waals surface area (Å²) < 4.78 is 11.9. The summed E-state index contributed by atoms with van der Waals surface area (Å²) in [6.07, 6.45) is -1.06. The molecule has 0 aliphatic carbocycles. The Morgan fingerprint density at radius 2 is 1.35 bits per heavy atom. The van der Waals surface area contributed by atoms with Gasteiger partial charge in [-0.05, 0) is 35.9 Å². The van der Waals surface area contributed by atoms with Crippen LogP contribution in [-0.4, -0.2) is 36.4 Å². The van der Waals surface area contributed by atoms with Gasteiger partial charge in [0.1, 0.15) is 68.6 Å². The van der Waals surface area contributed by atoms with Crippen molar-refractivity contribution in [3.05, 3.63) is 99.7 Å². The quantitative estimate of drug-likeness (QED) is 0.186. The Bertz CT molecular complexity index is 1890. The second-order valence-corrected chi connectivity index (χ2v) is 9.40. The van der Waals surface area contributed by atoms with E-state index >= 15 is 0 Å². The van der Waals surface area contributed by atoms with E-state index < -0.39 is 34.7 Å². The van der Waals surface area contributed by atoms with Gasteiger partial charge in [0.2, 0.25) is 0 Å². The molecule has 2 unspecified atom stereocenters. The van der Waals surface area contributed by atoms with E-state index in [1.807, 2.05) is 0 Å². The Kier molecular flexibility index (Phi) is 5.54. The molecule has 0 radical (unpaired) electrons. The smallest absolute Gasteiger partial charge is 0.197 e. The molecule has 1 aliphatic rings. The Labute approximate surface area is 224 Å². The van der Waals surface area contributed by atoms with Crippen LogP contribution >= 0.6 is 0 Å². The van der Waals surface area contributed by atoms with Gasteiger partial charge in [-0.2, -0.15) is 0 Å². The number of fused-ring (bicyclic) bond motifs is 2. The van der Waals surface area contributed by atoms with Gasteiger partial charge in [-0.25, -0.2) is 0 Å². The van der Waals surface area contributed by atoms with Crippen molar-refractivity contribution in [1.29, 1.82) is 0 Å². The van der Waals surface area contributed by atoms with Gasteiger partial charge in [0.05, 0.1) is 5.92 Å². The Hall–Kier alpha value is -5.64. The van der Waals surface area contributed by atoms with Crippen LogP contribution in [0.1, 0.15) is 33.5 Å². The van der Waals surface area contributed by atoms with Crippen LogP contribution in [0, 0.1) is 0 Å². The van der Waals surface area contributed by atoms with Crippen LogP contribution in [0.5, 0.6) is 40.2 Å². The third kappa shape index (κ3) is 3.99. The summed E-state index contributed by atoms with van der Waals surface area (Å²) in [4.78, 5) is 26.7. The molecule has 6 rings (SSSR count). The maximum atomic E-state index is 13.9. The summed E-state index contributed by atoms with van der Waals surface area (Å²) in [7, 11) is 0. The molecule has 5 aromatic rings. The Balaban J connectivity index is 1.54. The predicted octanol–water partition coefficient (Wildman–Crippen LogP) is 4.79. The highest BCUT2D eigenvalue weighted by molar-refractivity contribution is 6.07. The molecular weight excluding hydrogens is 520 g/mol. The molecule has 10 heteroatoms. The van der Waals surface area contributed by atoms with E-state index in [0.29, 0.717) is 5.56 Å². The number of ketones is 1. The fourth-order valence-corrected chi connectivity index (χ4v) is 5.01. The Morgan fingerprint density at radius 1 is 0.650 bits per heavy atom. The molecule has 1 aliphatic heterocycles. The zero-order chi connectivity index (χ0) is 28.3. The zero-order valence-corrected chi connectivity index (χ0v) is 20.4. The molecule has 40 heavy (non-hydrogen) atoms. The summed E-state index contributed by atoms with van der Waals surface area (Å²) in [5.41, 5.74) is -0.0235. The minimum Gasteiger partial charge on any atom is -0.508 e. The van der Waals surface area contributed by atoms with Crippen LogP contribution in [0.3, 0.4) is 0 Å². The van der Waals surface area contributed by atoms with Gasteiger partial charge in [-0.3, -0.25) is 9.59 Å². The molecular formula is C30H20O10. The lowest BCUT2D eigenvalue weighted by Crippen LogP contribution is -2.30. The third-order valence-corrected chi connectivity index (χ3v) is 6.82. The number of benzene rings is 4. The Morgan fingerprint density at radius 3 is 2.10 bits per heavy atom. The van der Waals surface area contributed by atoms with Gasteiger partial charge < -0.3 is 39.8 Å². The van der Waals surface area contributed by atoms with E-state index in [1.165, 1.54) is 54.6 Å². The van der Waals surface area contributed by atoms with E-state index in [1.54, 1.807) is 0 Å². The van der Waals surface area contributed by atoms with Crippen LogP contribution in [0.4, 0.5) is 0 Å². The normalized spacial score (nSPS) is 16.4. The molecule has 0 bridgehead atoms. The number of rotatable bonds is 3. The van der Waals surface area contributed by atoms with Crippen LogP contribution in [-0.2, 0) is 0 Å². The van der Waals surface area contributed by atoms with Crippen molar-refractivity contribution < 1.29 is 44.6 Å². The first-order valence-electron chi connectivity index (χ1n) is 12.0. The van der Waals surface area contributed by atoms with Gasteiger partial charge in [-0.1, -0.05) is 12.1 Å². The summed E-state index contributed by atoms with van der Waals surface area (Å²) in [5.74, 6) is -3.76. The first kappa shape index (κ1) is 24.7. The van der Waals surface area contributed by atoms with Gasteiger partial charge in [0.25, 0.3) is 0 Å². The molecule has 1 aromatic heterocycles. The van der Waals surface area contributed by atoms with Crippen molar-refractivity contribution in [3.63, 3.8) is 0 Å². The van der Waals surface area contributed by atoms with Crippen LogP contribution in [0.2, 0.25) is 0 Å². The number of hydrogen-bond donors (Lipinski definition) is 6. The fourth-order valence-electron chi connectivity index (χ4n) is 5.01. The number of carbonyl (C=O) groups excluding carboxylic acids is 1. The van der Waals surface area contributed by atoms with Crippen LogP contribution in [0.25, 0.3) is 22.3 Å². The number of aromatic hydroxyl groups is 6. The molecule has 0 saturated heterocycles. The lowest BCUT2D eigenvalue weighted by atomic mass is 9.79. The third-order valence-electron chi connectivity index (χ3n) is 6.82. The molecule has 2 heterocycles. The first-order chi connectivity index (χ1) is 19.1. The largest absolute Gasteiger partial charge is 0.508 e. The molecule has 6 N–H and O–H groups in total. The van der Waals surface area contributed by atoms with Crippen molar-refractivity contribution in [2.45, 2.75) is 12.0 Å². The molecule has 0 fully saturated rings. The summed E-state index contributed by atoms with van der Waals surface area (Å²) in [5, 5.41) is 61.0. The lowest BCUT2D eigenvalue weighted by molar-refractivity contribution is 0.0772. The SMILES string of the molecule is O=C1c2c(O)cc(O)cc2OC(c2ccc(O)cc2)C1c1cc(-c2cc(=O)c3c(O)cc(O)cc3o2)ccc1O. The minimum atomic E-state index is -1.22. The van der Waals surface area contributed by atoms with Crippen molar-refractivity contribution in [3.8, 4) is 51.6 Å². The van der Waals surface area contributed by atoms with Crippen molar-refractivity contribution in [1.82, 2.24) is 0 Å². The van der Waals surface area contributed by atoms with Crippen molar-refractivity contribution in [2.24, 2.45) is 0 Å². The number of Topliss-reactive ketones (excluding diaryl/α,β-unsaturated/α-hetero) is 1. The monoisotopic (exact) mass is 540 g/mol. The summed E-state index contributed by atoms with van der Waals surface area (Å²) >= 11 is 0. The fraction of sp³-hybridized carbons (Fsp3) is 0.0667. The topological polar surface area (TPSA) is 178 Å². The second-order valence-electron chi connectivity index (χ2n) is 9.40. The number of hydrogen-bond acceptors (Lipinski definition) is 10. The second kappa shape index (κ2) is 8.98. The molecule has 0 amide bonds. The number of carbonyl (C=O) groups is 1. The van der Waals surface area contributed by atoms with Gasteiger partial charge in [0, 0.05) is 41.5 Å². The molecule has 4 aromatic carbocycles. The number of phenols is 6. The van der Waals surface area contributed by atoms with Gasteiger partial charge in [0.15, 0.2) is 11.2 Å². The predicted molar refractivity (Wildman–Crippen MR) is 141 cm³/mol. The van der Waals surface area contributed by atoms with Gasteiger partial charge in [-0.15, -0.1) is 0 Å². The number of phenolic OH excluding ortho intramolecular Hbond substituents is 6. The first-order valence-corrected chi connectivity index (χ1v) is 12.0. The standard InChI is InChI=1S/C30H20O10/c31-15-4-1-13(2-5-15)30-26(29(38)28-21(36)9-17(33)11-25(28)40-30)18-7-14(3-6-19(18)34)23-12-22(37)27-20(35)8-16(32)10-24(27)39-23/h1-12,26,30-36H. The van der Waals surface area contributed by atoms with E-state index in [4.69, 9.17) is 9.15 Å². The molecule has 200 valence electrons. The van der Waals surface area contributed by atoms with Crippen molar-refractivity contribution >= 4 is 16.8 Å². The lowest BCUT2D eigenvalue weighted by Gasteiger charge is -2.34. The van der Waals surface area contributed by atoms with Gasteiger partial charge >= 0.3 is 0 Å². The van der Waals surface area contributed by atoms with Crippen molar-refractivity contribution in [2.75, 3.05) is 0 Å². The zero-order valence-electron chi connectivity index (χ0n) is 20.4. The molecule has 2 atom stereocenters. The maximum Gasteiger partial charge on any atom is 0.197 e. The highest BCUT2D eigenvalue weighted by Crippen LogP contribution is 2.50. The van der Waals surface area contributed by atoms with Crippen LogP contribution in [0.15, 0.2) is 82.0 Å². The van der Waals surface area contributed by atoms with E-state index in [0.717, 1.165) is 18.2 Å². The van der Waals surface area contributed by atoms with Crippen LogP contribution < -0.4 is 10.2 Å². The average molecular weight is 540 g/mol. The van der Waals surface area contributed by atoms with E-state index in [2.05, 4.69) is 0 Å². The summed E-state index contributed by atoms with van der Waals surface area (Å²) in [6, 6.07) is 15.6. The molecule has 0 saturated carbocycles. The molecule has 0 spiro atoms. The van der Waals surface area contributed by atoms with E-state index in [-0.39, 0.29) is 62.2 Å². The average Bonchev–Trinajstić information content (AvgIpc) is 2.88. The number of ether oxygens (including phenoxy) is 1. The minimum absolute atomic E-state index is 0.0219. The highest BCUT2D eigenvalue weighted by atomic mass is 16.5. The van der Waals surface area contributed by atoms with E-state index in [9.17, 15) is 40.2 Å². The summed E-state index contributed by atoms with van der Waals surface area (Å²) in [6.45, 7) is 0. The highest BCUT2D eigenvalue weighted by Gasteiger charge is 2.42. The maximum absolute atomic E-state index is 13.9.